The van der Waals surface area contributed by atoms with Gasteiger partial charge in [0, 0.05) is 29.2 Å². The number of carboxylic acids is 1. The molecule has 0 aliphatic carbocycles. The van der Waals surface area contributed by atoms with Crippen LogP contribution in [0.15, 0.2) is 4.58 Å². The van der Waals surface area contributed by atoms with Gasteiger partial charge in [-0.05, 0) is 0 Å². The van der Waals surface area contributed by atoms with E-state index in [-0.39, 0.29) is 11.2 Å². The van der Waals surface area contributed by atoms with Gasteiger partial charge in [0.1, 0.15) is 6.04 Å². The summed E-state index contributed by atoms with van der Waals surface area (Å²) >= 11 is 0.560. The first kappa shape index (κ1) is 14.4. The van der Waals surface area contributed by atoms with Crippen LogP contribution in [0, 0.1) is 4.91 Å². The molecule has 7 nitrogen and oxygen atoms in total. The molecule has 0 aliphatic heterocycles. The van der Waals surface area contributed by atoms with Gasteiger partial charge < -0.3 is 15.9 Å². The number of aliphatic carboxylic acids is 1. The summed E-state index contributed by atoms with van der Waals surface area (Å²) in [7, 11) is 0. The highest BCUT2D eigenvalue weighted by Gasteiger charge is 2.18. The predicted molar refractivity (Wildman–Crippen MR) is 47.1 cm³/mol. The maximum absolute atomic E-state index is 10.4. The Kier molecular flexibility index (Phi) is 8.29. The average molecular weight is 210 g/mol. The molecule has 0 spiro atoms. The van der Waals surface area contributed by atoms with Crippen molar-refractivity contribution in [3.05, 3.63) is 4.91 Å². The van der Waals surface area contributed by atoms with E-state index in [2.05, 4.69) is 9.90 Å². The standard InChI is InChI=1S/C5H8N2O4S.H2O/c1-3(8)6-4(5(9)10)2-12-7-11;/h4H,2H2,1H3,(H,6,8)(H,9,10);1H2/t4-;/m0./s1. The van der Waals surface area contributed by atoms with Crippen molar-refractivity contribution in [3.8, 4) is 0 Å². The van der Waals surface area contributed by atoms with Gasteiger partial charge in [0.25, 0.3) is 0 Å². The molecule has 0 saturated heterocycles. The number of hydrogen-bond acceptors (Lipinski definition) is 5. The summed E-state index contributed by atoms with van der Waals surface area (Å²) < 4.78 is 2.42. The summed E-state index contributed by atoms with van der Waals surface area (Å²) in [6.45, 7) is 1.20. The molecule has 0 aromatic heterocycles. The molecule has 0 unspecified atom stereocenters. The molecule has 1 atom stereocenters. The van der Waals surface area contributed by atoms with Crippen molar-refractivity contribution >= 4 is 23.8 Å². The molecule has 8 heteroatoms. The zero-order valence-corrected chi connectivity index (χ0v) is 7.63. The van der Waals surface area contributed by atoms with Crippen LogP contribution < -0.4 is 5.32 Å². The van der Waals surface area contributed by atoms with Crippen LogP contribution >= 0.6 is 11.9 Å². The van der Waals surface area contributed by atoms with Gasteiger partial charge >= 0.3 is 5.97 Å². The maximum Gasteiger partial charge on any atom is 0.327 e. The van der Waals surface area contributed by atoms with E-state index in [1.807, 2.05) is 0 Å². The van der Waals surface area contributed by atoms with Crippen LogP contribution in [0.1, 0.15) is 6.92 Å². The van der Waals surface area contributed by atoms with Crippen molar-refractivity contribution in [1.82, 2.24) is 5.32 Å². The first-order valence-corrected chi connectivity index (χ1v) is 3.96. The van der Waals surface area contributed by atoms with Crippen molar-refractivity contribution in [2.24, 2.45) is 4.58 Å². The van der Waals surface area contributed by atoms with E-state index in [1.54, 1.807) is 0 Å². The van der Waals surface area contributed by atoms with Gasteiger partial charge in [-0.1, -0.05) is 0 Å². The molecule has 0 rings (SSSR count). The average Bonchev–Trinajstić information content (AvgIpc) is 1.96. The highest BCUT2D eigenvalue weighted by atomic mass is 32.2. The van der Waals surface area contributed by atoms with E-state index in [1.165, 1.54) is 6.92 Å². The molecule has 0 radical (unpaired) electrons. The second kappa shape index (κ2) is 7.50. The normalized spacial score (nSPS) is 10.8. The molecule has 0 saturated carbocycles. The van der Waals surface area contributed by atoms with Gasteiger partial charge in [-0.15, -0.1) is 4.91 Å². The van der Waals surface area contributed by atoms with Crippen LogP contribution in [0.2, 0.25) is 0 Å². The van der Waals surface area contributed by atoms with Crippen molar-refractivity contribution in [2.75, 3.05) is 5.75 Å². The largest absolute Gasteiger partial charge is 0.480 e. The van der Waals surface area contributed by atoms with Gasteiger partial charge in [-0.2, -0.15) is 0 Å². The van der Waals surface area contributed by atoms with Crippen LogP contribution in [0.4, 0.5) is 0 Å². The van der Waals surface area contributed by atoms with E-state index < -0.39 is 17.9 Å². The van der Waals surface area contributed by atoms with E-state index in [0.29, 0.717) is 11.9 Å². The third-order valence-electron chi connectivity index (χ3n) is 0.969. The molecule has 13 heavy (non-hydrogen) atoms. The minimum absolute atomic E-state index is 0. The van der Waals surface area contributed by atoms with Crippen molar-refractivity contribution in [2.45, 2.75) is 13.0 Å². The maximum atomic E-state index is 10.4. The van der Waals surface area contributed by atoms with E-state index in [0.717, 1.165) is 0 Å². The molecular formula is C5H10N2O5S. The Morgan fingerprint density at radius 3 is 2.46 bits per heavy atom. The third-order valence-corrected chi connectivity index (χ3v) is 1.56. The molecule has 0 aromatic carbocycles. The fourth-order valence-corrected chi connectivity index (χ4v) is 0.961. The fourth-order valence-electron chi connectivity index (χ4n) is 0.525. The van der Waals surface area contributed by atoms with Crippen molar-refractivity contribution < 1.29 is 20.2 Å². The van der Waals surface area contributed by atoms with Crippen LogP contribution in [0.3, 0.4) is 0 Å². The summed E-state index contributed by atoms with van der Waals surface area (Å²) in [6, 6.07) is -1.05. The smallest absolute Gasteiger partial charge is 0.327 e. The van der Waals surface area contributed by atoms with E-state index in [4.69, 9.17) is 5.11 Å². The van der Waals surface area contributed by atoms with Gasteiger partial charge in [-0.3, -0.25) is 4.79 Å². The summed E-state index contributed by atoms with van der Waals surface area (Å²) in [4.78, 5) is 30.4. The Balaban J connectivity index is 0. The Morgan fingerprint density at radius 1 is 1.62 bits per heavy atom. The molecule has 0 aliphatic rings. The van der Waals surface area contributed by atoms with Gasteiger partial charge in [-0.25, -0.2) is 4.79 Å². The quantitative estimate of drug-likeness (QED) is 0.452. The lowest BCUT2D eigenvalue weighted by molar-refractivity contribution is -0.140. The molecule has 76 valence electrons. The van der Waals surface area contributed by atoms with Crippen molar-refractivity contribution in [3.63, 3.8) is 0 Å². The minimum Gasteiger partial charge on any atom is -0.480 e. The summed E-state index contributed by atoms with van der Waals surface area (Å²) in [5.41, 5.74) is 0. The fraction of sp³-hybridized carbons (Fsp3) is 0.600. The SMILES string of the molecule is CC(=O)N[C@@H](CSN=O)C(=O)O.O. The van der Waals surface area contributed by atoms with Crippen molar-refractivity contribution in [1.29, 1.82) is 0 Å². The molecule has 4 N–H and O–H groups in total. The Labute approximate surface area is 78.3 Å². The summed E-state index contributed by atoms with van der Waals surface area (Å²) in [5.74, 6) is -1.69. The van der Waals surface area contributed by atoms with E-state index >= 15 is 0 Å². The monoisotopic (exact) mass is 210 g/mol. The highest BCUT2D eigenvalue weighted by molar-refractivity contribution is 7.97. The minimum atomic E-state index is -1.18. The summed E-state index contributed by atoms with van der Waals surface area (Å²) in [5, 5.41) is 10.6. The molecule has 0 aromatic rings. The number of nitrogens with zero attached hydrogens (tertiary/aromatic N) is 1. The number of rotatable bonds is 5. The summed E-state index contributed by atoms with van der Waals surface area (Å²) in [6.07, 6.45) is 0. The van der Waals surface area contributed by atoms with Crippen LogP contribution in [0.5, 0.6) is 0 Å². The van der Waals surface area contributed by atoms with Crippen LogP contribution in [-0.4, -0.2) is 34.3 Å². The van der Waals surface area contributed by atoms with Crippen LogP contribution in [0.25, 0.3) is 0 Å². The Hall–Kier alpha value is -1.15. The lowest BCUT2D eigenvalue weighted by Gasteiger charge is -2.09. The zero-order chi connectivity index (χ0) is 9.56. The molecule has 0 fully saturated rings. The second-order valence-electron chi connectivity index (χ2n) is 1.96. The van der Waals surface area contributed by atoms with Crippen LogP contribution in [-0.2, 0) is 9.59 Å². The number of carbonyl (C=O) groups excluding carboxylic acids is 1. The first-order valence-electron chi connectivity index (χ1n) is 3.02. The zero-order valence-electron chi connectivity index (χ0n) is 6.81. The number of hydrogen-bond donors (Lipinski definition) is 2. The molecule has 0 bridgehead atoms. The number of nitroso groups, excluding NO2 is 1. The molecule has 1 amide bonds. The van der Waals surface area contributed by atoms with Gasteiger partial charge in [0.15, 0.2) is 0 Å². The molecule has 0 heterocycles. The van der Waals surface area contributed by atoms with Gasteiger partial charge in [0.05, 0.1) is 0 Å². The van der Waals surface area contributed by atoms with E-state index in [9.17, 15) is 14.5 Å². The third kappa shape index (κ3) is 7.22. The number of carboxylic acid groups (broad SMARTS) is 1. The Bertz CT molecular complexity index is 197. The topological polar surface area (TPSA) is 127 Å². The molecular weight excluding hydrogens is 200 g/mol. The predicted octanol–water partition coefficient (Wildman–Crippen LogP) is -0.834. The lowest BCUT2D eigenvalue weighted by atomic mass is 10.3. The Morgan fingerprint density at radius 2 is 2.15 bits per heavy atom. The number of nitrogens with one attached hydrogen (secondary N) is 1. The lowest BCUT2D eigenvalue weighted by Crippen LogP contribution is -2.41. The van der Waals surface area contributed by atoms with Gasteiger partial charge in [0.2, 0.25) is 5.91 Å². The number of carbonyl (C=O) groups is 2. The number of amides is 1. The second-order valence-corrected chi connectivity index (χ2v) is 2.70. The first-order chi connectivity index (χ1) is 5.57. The highest BCUT2D eigenvalue weighted by Crippen LogP contribution is 2.03.